The molecule has 1 aromatic heterocycles. The van der Waals surface area contributed by atoms with Crippen molar-refractivity contribution in [1.82, 2.24) is 15.1 Å². The molecule has 0 amide bonds. The zero-order valence-corrected chi connectivity index (χ0v) is 10.1. The first-order chi connectivity index (χ1) is 8.83. The van der Waals surface area contributed by atoms with Crippen LogP contribution < -0.4 is 5.32 Å². The predicted molar refractivity (Wildman–Crippen MR) is 68.1 cm³/mol. The van der Waals surface area contributed by atoms with Gasteiger partial charge in [0.2, 0.25) is 0 Å². The first-order valence-corrected chi connectivity index (χ1v) is 6.38. The van der Waals surface area contributed by atoms with Crippen LogP contribution >= 0.6 is 0 Å². The number of nitrogens with one attached hydrogen (secondary N) is 1. The zero-order chi connectivity index (χ0) is 12.4. The lowest BCUT2D eigenvalue weighted by Gasteiger charge is -2.21. The molecule has 0 saturated carbocycles. The standard InChI is InChI=1S/C14H16FN3/c15-11-4-6-12(7-5-11)18-10-8-14(17-18)13-3-1-2-9-16-13/h4-8,10,13,16H,1-3,9H2. The van der Waals surface area contributed by atoms with Gasteiger partial charge in [0.25, 0.3) is 0 Å². The largest absolute Gasteiger partial charge is 0.309 e. The summed E-state index contributed by atoms with van der Waals surface area (Å²) >= 11 is 0. The Hall–Kier alpha value is -1.68. The number of aromatic nitrogens is 2. The van der Waals surface area contributed by atoms with Crippen LogP contribution in [0.15, 0.2) is 36.5 Å². The molecule has 18 heavy (non-hydrogen) atoms. The quantitative estimate of drug-likeness (QED) is 0.881. The highest BCUT2D eigenvalue weighted by atomic mass is 19.1. The maximum atomic E-state index is 12.9. The number of piperidine rings is 1. The van der Waals surface area contributed by atoms with E-state index in [2.05, 4.69) is 10.4 Å². The van der Waals surface area contributed by atoms with Gasteiger partial charge in [0, 0.05) is 6.20 Å². The molecule has 3 rings (SSSR count). The number of halogens is 1. The molecule has 0 spiro atoms. The lowest BCUT2D eigenvalue weighted by Crippen LogP contribution is -2.27. The molecule has 1 N–H and O–H groups in total. The second-order valence-electron chi connectivity index (χ2n) is 4.66. The number of nitrogens with zero attached hydrogens (tertiary/aromatic N) is 2. The minimum absolute atomic E-state index is 0.222. The van der Waals surface area contributed by atoms with E-state index in [9.17, 15) is 4.39 Å². The summed E-state index contributed by atoms with van der Waals surface area (Å²) < 4.78 is 14.7. The smallest absolute Gasteiger partial charge is 0.123 e. The Kier molecular flexibility index (Phi) is 3.11. The maximum Gasteiger partial charge on any atom is 0.123 e. The Bertz CT molecular complexity index is 512. The monoisotopic (exact) mass is 245 g/mol. The van der Waals surface area contributed by atoms with Crippen LogP contribution in [0.1, 0.15) is 31.0 Å². The summed E-state index contributed by atoms with van der Waals surface area (Å²) in [5.74, 6) is -0.222. The Balaban J connectivity index is 1.82. The van der Waals surface area contributed by atoms with E-state index in [0.717, 1.165) is 24.3 Å². The van der Waals surface area contributed by atoms with Crippen molar-refractivity contribution >= 4 is 0 Å². The Morgan fingerprint density at radius 3 is 2.72 bits per heavy atom. The van der Waals surface area contributed by atoms with E-state index in [1.807, 2.05) is 12.3 Å². The van der Waals surface area contributed by atoms with E-state index < -0.39 is 0 Å². The third kappa shape index (κ3) is 2.29. The summed E-state index contributed by atoms with van der Waals surface area (Å²) in [6.45, 7) is 1.06. The SMILES string of the molecule is Fc1ccc(-n2ccc(C3CCCCN3)n2)cc1. The summed E-state index contributed by atoms with van der Waals surface area (Å²) in [6, 6.07) is 8.78. The van der Waals surface area contributed by atoms with Gasteiger partial charge in [-0.25, -0.2) is 9.07 Å². The van der Waals surface area contributed by atoms with Crippen molar-refractivity contribution < 1.29 is 4.39 Å². The van der Waals surface area contributed by atoms with E-state index >= 15 is 0 Å². The fourth-order valence-corrected chi connectivity index (χ4v) is 2.37. The Morgan fingerprint density at radius 2 is 2.00 bits per heavy atom. The average molecular weight is 245 g/mol. The molecule has 0 aliphatic carbocycles. The summed E-state index contributed by atoms with van der Waals surface area (Å²) in [5, 5.41) is 8.04. The molecule has 1 fully saturated rings. The second kappa shape index (κ2) is 4.90. The summed E-state index contributed by atoms with van der Waals surface area (Å²) in [6.07, 6.45) is 5.57. The van der Waals surface area contributed by atoms with Crippen molar-refractivity contribution in [1.29, 1.82) is 0 Å². The van der Waals surface area contributed by atoms with Gasteiger partial charge in [0.05, 0.1) is 17.4 Å². The molecule has 1 aliphatic rings. The zero-order valence-electron chi connectivity index (χ0n) is 10.1. The third-order valence-corrected chi connectivity index (χ3v) is 3.37. The van der Waals surface area contributed by atoms with Crippen LogP contribution in [-0.2, 0) is 0 Å². The molecule has 3 nitrogen and oxygen atoms in total. The van der Waals surface area contributed by atoms with Gasteiger partial charge in [-0.05, 0) is 49.7 Å². The molecule has 0 bridgehead atoms. The average Bonchev–Trinajstić information content (AvgIpc) is 2.90. The Morgan fingerprint density at radius 1 is 1.17 bits per heavy atom. The summed E-state index contributed by atoms with van der Waals surface area (Å²) in [5.41, 5.74) is 1.96. The van der Waals surface area contributed by atoms with Crippen LogP contribution in [0.25, 0.3) is 5.69 Å². The van der Waals surface area contributed by atoms with Crippen molar-refractivity contribution in [3.63, 3.8) is 0 Å². The highest BCUT2D eigenvalue weighted by Gasteiger charge is 2.17. The van der Waals surface area contributed by atoms with Crippen molar-refractivity contribution in [2.45, 2.75) is 25.3 Å². The van der Waals surface area contributed by atoms with E-state index in [4.69, 9.17) is 0 Å². The van der Waals surface area contributed by atoms with E-state index in [1.165, 1.54) is 25.0 Å². The Labute approximate surface area is 106 Å². The lowest BCUT2D eigenvalue weighted by molar-refractivity contribution is 0.403. The fraction of sp³-hybridized carbons (Fsp3) is 0.357. The van der Waals surface area contributed by atoms with Crippen LogP contribution in [-0.4, -0.2) is 16.3 Å². The predicted octanol–water partition coefficient (Wildman–Crippen LogP) is 2.83. The van der Waals surface area contributed by atoms with Gasteiger partial charge in [-0.3, -0.25) is 0 Å². The minimum atomic E-state index is -0.222. The molecule has 4 heteroatoms. The molecular weight excluding hydrogens is 229 g/mol. The van der Waals surface area contributed by atoms with Crippen LogP contribution in [0, 0.1) is 5.82 Å². The molecular formula is C14H16FN3. The molecule has 1 aliphatic heterocycles. The van der Waals surface area contributed by atoms with E-state index in [1.54, 1.807) is 16.8 Å². The minimum Gasteiger partial charge on any atom is -0.309 e. The van der Waals surface area contributed by atoms with Crippen LogP contribution in [0.3, 0.4) is 0 Å². The van der Waals surface area contributed by atoms with Gasteiger partial charge in [0.15, 0.2) is 0 Å². The summed E-state index contributed by atoms with van der Waals surface area (Å²) in [7, 11) is 0. The third-order valence-electron chi connectivity index (χ3n) is 3.37. The second-order valence-corrected chi connectivity index (χ2v) is 4.66. The molecule has 2 heterocycles. The summed E-state index contributed by atoms with van der Waals surface area (Å²) in [4.78, 5) is 0. The van der Waals surface area contributed by atoms with Crippen LogP contribution in [0.5, 0.6) is 0 Å². The molecule has 1 unspecified atom stereocenters. The fourth-order valence-electron chi connectivity index (χ4n) is 2.37. The van der Waals surface area contributed by atoms with Crippen molar-refractivity contribution in [2.24, 2.45) is 0 Å². The number of hydrogen-bond donors (Lipinski definition) is 1. The molecule has 1 saturated heterocycles. The van der Waals surface area contributed by atoms with Crippen LogP contribution in [0.2, 0.25) is 0 Å². The maximum absolute atomic E-state index is 12.9. The normalized spacial score (nSPS) is 19.9. The first-order valence-electron chi connectivity index (χ1n) is 6.38. The van der Waals surface area contributed by atoms with Crippen molar-refractivity contribution in [3.8, 4) is 5.69 Å². The topological polar surface area (TPSA) is 29.9 Å². The van der Waals surface area contributed by atoms with Gasteiger partial charge in [-0.15, -0.1) is 0 Å². The molecule has 94 valence electrons. The molecule has 1 aromatic carbocycles. The lowest BCUT2D eigenvalue weighted by atomic mass is 10.0. The number of rotatable bonds is 2. The highest BCUT2D eigenvalue weighted by Crippen LogP contribution is 2.22. The molecule has 0 radical (unpaired) electrons. The number of benzene rings is 1. The van der Waals surface area contributed by atoms with Gasteiger partial charge in [0.1, 0.15) is 5.82 Å². The number of hydrogen-bond acceptors (Lipinski definition) is 2. The van der Waals surface area contributed by atoms with Crippen molar-refractivity contribution in [2.75, 3.05) is 6.54 Å². The first kappa shape index (κ1) is 11.4. The van der Waals surface area contributed by atoms with E-state index in [0.29, 0.717) is 6.04 Å². The van der Waals surface area contributed by atoms with Gasteiger partial charge >= 0.3 is 0 Å². The van der Waals surface area contributed by atoms with Gasteiger partial charge < -0.3 is 5.32 Å². The van der Waals surface area contributed by atoms with Gasteiger partial charge in [-0.2, -0.15) is 5.10 Å². The molecule has 2 aromatic rings. The van der Waals surface area contributed by atoms with E-state index in [-0.39, 0.29) is 5.82 Å². The molecule has 1 atom stereocenters. The highest BCUT2D eigenvalue weighted by molar-refractivity contribution is 5.31. The van der Waals surface area contributed by atoms with Gasteiger partial charge in [-0.1, -0.05) is 6.42 Å². The van der Waals surface area contributed by atoms with Crippen LogP contribution in [0.4, 0.5) is 4.39 Å². The van der Waals surface area contributed by atoms with Crippen molar-refractivity contribution in [3.05, 3.63) is 48.0 Å².